The predicted molar refractivity (Wildman–Crippen MR) is 96.8 cm³/mol. The van der Waals surface area contributed by atoms with E-state index in [0.29, 0.717) is 19.5 Å². The van der Waals surface area contributed by atoms with Crippen LogP contribution < -0.4 is 21.9 Å². The Morgan fingerprint density at radius 3 is 2.62 bits per heavy atom. The lowest BCUT2D eigenvalue weighted by molar-refractivity contribution is -0.884. The average molecular weight is 363 g/mol. The van der Waals surface area contributed by atoms with E-state index >= 15 is 0 Å². The summed E-state index contributed by atoms with van der Waals surface area (Å²) >= 11 is 0. The number of benzene rings is 1. The fourth-order valence-corrected chi connectivity index (χ4v) is 2.91. The third kappa shape index (κ3) is 4.08. The van der Waals surface area contributed by atoms with Crippen LogP contribution in [0.1, 0.15) is 29.3 Å². The van der Waals surface area contributed by atoms with Gasteiger partial charge in [-0.05, 0) is 18.6 Å². The third-order valence-electron chi connectivity index (χ3n) is 4.17. The van der Waals surface area contributed by atoms with E-state index in [1.165, 1.54) is 23.7 Å². The van der Waals surface area contributed by atoms with Gasteiger partial charge in [-0.1, -0.05) is 19.1 Å². The number of likely N-dealkylation sites (N-methyl/N-ethyl adjacent to an activating group) is 1. The lowest BCUT2D eigenvalue weighted by atomic mass is 10.1. The van der Waals surface area contributed by atoms with Crippen molar-refractivity contribution >= 4 is 11.6 Å². The van der Waals surface area contributed by atoms with Crippen LogP contribution in [0.25, 0.3) is 0 Å². The van der Waals surface area contributed by atoms with Gasteiger partial charge < -0.3 is 10.6 Å². The number of nitrogens with one attached hydrogen (secondary N) is 1. The van der Waals surface area contributed by atoms with E-state index in [1.54, 1.807) is 19.2 Å². The molecule has 2 rings (SSSR count). The van der Waals surface area contributed by atoms with Gasteiger partial charge in [0.15, 0.2) is 0 Å². The van der Waals surface area contributed by atoms with E-state index in [1.807, 2.05) is 6.92 Å². The number of carbonyl (C=O) groups is 1. The van der Waals surface area contributed by atoms with Gasteiger partial charge in [-0.2, -0.15) is 0 Å². The highest BCUT2D eigenvalue weighted by molar-refractivity contribution is 6.00. The maximum absolute atomic E-state index is 13.3. The van der Waals surface area contributed by atoms with E-state index < -0.39 is 17.0 Å². The molecule has 0 saturated carbocycles. The molecule has 0 spiro atoms. The molecule has 0 fully saturated rings. The first-order valence-corrected chi connectivity index (χ1v) is 8.44. The highest BCUT2D eigenvalue weighted by Gasteiger charge is 2.23. The summed E-state index contributed by atoms with van der Waals surface area (Å²) < 4.78 is 15.4. The quantitative estimate of drug-likeness (QED) is 0.654. The van der Waals surface area contributed by atoms with Gasteiger partial charge >= 0.3 is 5.69 Å². The molecular formula is C18H24FN4O3+. The topological polar surface area (TPSA) is 91.5 Å². The third-order valence-corrected chi connectivity index (χ3v) is 4.17. The Kier molecular flexibility index (Phi) is 6.10. The number of aromatic nitrogens is 2. The summed E-state index contributed by atoms with van der Waals surface area (Å²) in [5.41, 5.74) is 5.31. The maximum atomic E-state index is 13.3. The molecule has 3 N–H and O–H groups in total. The number of nitrogens with two attached hydrogens (primary N) is 1. The fourth-order valence-electron chi connectivity index (χ4n) is 2.91. The van der Waals surface area contributed by atoms with Crippen LogP contribution in [-0.2, 0) is 20.1 Å². The second kappa shape index (κ2) is 8.09. The van der Waals surface area contributed by atoms with Gasteiger partial charge in [0, 0.05) is 19.2 Å². The summed E-state index contributed by atoms with van der Waals surface area (Å²) in [5, 5.41) is 0. The van der Waals surface area contributed by atoms with Crippen LogP contribution in [0.4, 0.5) is 10.2 Å². The molecule has 1 aromatic carbocycles. The van der Waals surface area contributed by atoms with Gasteiger partial charge in [-0.15, -0.1) is 0 Å². The van der Waals surface area contributed by atoms with Crippen LogP contribution in [0.3, 0.4) is 0 Å². The molecule has 7 nitrogen and oxygen atoms in total. The fraction of sp³-hybridized carbons (Fsp3) is 0.389. The summed E-state index contributed by atoms with van der Waals surface area (Å²) in [6, 6.07) is 6.13. The molecule has 1 unspecified atom stereocenters. The zero-order valence-corrected chi connectivity index (χ0v) is 15.2. The number of nitrogen functional groups attached to an aromatic ring is 1. The van der Waals surface area contributed by atoms with E-state index in [-0.39, 0.29) is 23.7 Å². The molecule has 0 amide bonds. The Bertz CT molecular complexity index is 933. The number of hydrogen-bond acceptors (Lipinski definition) is 4. The SMILES string of the molecule is CCCn1c(N)c(C(=O)C[NH+](C)Cc2cccc(F)c2)c(=O)n(C)c1=O. The van der Waals surface area contributed by atoms with Crippen molar-refractivity contribution in [3.63, 3.8) is 0 Å². The van der Waals surface area contributed by atoms with Crippen LogP contribution in [0.2, 0.25) is 0 Å². The molecular weight excluding hydrogens is 339 g/mol. The first kappa shape index (κ1) is 19.6. The first-order valence-electron chi connectivity index (χ1n) is 8.44. The summed E-state index contributed by atoms with van der Waals surface area (Å²) in [7, 11) is 3.10. The predicted octanol–water partition coefficient (Wildman–Crippen LogP) is -0.424. The van der Waals surface area contributed by atoms with Gasteiger partial charge in [-0.25, -0.2) is 9.18 Å². The Labute approximate surface area is 150 Å². The van der Waals surface area contributed by atoms with Gasteiger partial charge in [0.25, 0.3) is 5.56 Å². The minimum absolute atomic E-state index is 0.000280. The Balaban J connectivity index is 2.29. The monoisotopic (exact) mass is 363 g/mol. The van der Waals surface area contributed by atoms with Crippen molar-refractivity contribution < 1.29 is 14.1 Å². The average Bonchev–Trinajstić information content (AvgIpc) is 2.57. The van der Waals surface area contributed by atoms with Gasteiger partial charge in [0.2, 0.25) is 5.78 Å². The molecule has 140 valence electrons. The minimum atomic E-state index is -0.691. The van der Waals surface area contributed by atoms with Crippen molar-refractivity contribution in [2.75, 3.05) is 19.3 Å². The second-order valence-corrected chi connectivity index (χ2v) is 6.42. The molecule has 0 saturated heterocycles. The zero-order chi connectivity index (χ0) is 19.4. The largest absolute Gasteiger partial charge is 0.384 e. The molecule has 26 heavy (non-hydrogen) atoms. The van der Waals surface area contributed by atoms with Crippen molar-refractivity contribution in [1.29, 1.82) is 0 Å². The van der Waals surface area contributed by atoms with Crippen LogP contribution in [0.5, 0.6) is 0 Å². The molecule has 0 bridgehead atoms. The van der Waals surface area contributed by atoms with Crippen LogP contribution in [0, 0.1) is 5.82 Å². The molecule has 0 aliphatic rings. The molecule has 1 atom stereocenters. The zero-order valence-electron chi connectivity index (χ0n) is 15.2. The molecule has 1 aromatic heterocycles. The van der Waals surface area contributed by atoms with Crippen LogP contribution in [-0.4, -0.2) is 28.5 Å². The summed E-state index contributed by atoms with van der Waals surface area (Å²) in [6.45, 7) is 2.61. The van der Waals surface area contributed by atoms with E-state index in [9.17, 15) is 18.8 Å². The van der Waals surface area contributed by atoms with E-state index in [4.69, 9.17) is 5.73 Å². The van der Waals surface area contributed by atoms with Gasteiger partial charge in [-0.3, -0.25) is 18.7 Å². The highest BCUT2D eigenvalue weighted by atomic mass is 19.1. The number of quaternary nitrogens is 1. The van der Waals surface area contributed by atoms with E-state index in [0.717, 1.165) is 15.0 Å². The van der Waals surface area contributed by atoms with Gasteiger partial charge in [0.1, 0.15) is 30.3 Å². The molecule has 0 radical (unpaired) electrons. The minimum Gasteiger partial charge on any atom is -0.384 e. The summed E-state index contributed by atoms with van der Waals surface area (Å²) in [4.78, 5) is 38.0. The van der Waals surface area contributed by atoms with Crippen LogP contribution >= 0.6 is 0 Å². The smallest absolute Gasteiger partial charge is 0.332 e. The summed E-state index contributed by atoms with van der Waals surface area (Å²) in [5.74, 6) is -0.878. The number of anilines is 1. The first-order chi connectivity index (χ1) is 12.3. The van der Waals surface area contributed by atoms with Crippen molar-refractivity contribution in [3.05, 3.63) is 62.0 Å². The second-order valence-electron chi connectivity index (χ2n) is 6.42. The van der Waals surface area contributed by atoms with E-state index in [2.05, 4.69) is 0 Å². The highest BCUT2D eigenvalue weighted by Crippen LogP contribution is 2.06. The molecule has 0 aliphatic carbocycles. The number of Topliss-reactive ketones (excluding diaryl/α,β-unsaturated/α-hetero) is 1. The summed E-state index contributed by atoms with van der Waals surface area (Å²) in [6.07, 6.45) is 0.640. The number of ketones is 1. The van der Waals surface area contributed by atoms with Crippen molar-refractivity contribution in [2.24, 2.45) is 7.05 Å². The molecule has 2 aromatic rings. The Morgan fingerprint density at radius 2 is 2.00 bits per heavy atom. The molecule has 8 heteroatoms. The van der Waals surface area contributed by atoms with Crippen molar-refractivity contribution in [2.45, 2.75) is 26.4 Å². The number of rotatable bonds is 7. The standard InChI is InChI=1S/C18H23FN4O3/c1-4-8-23-16(20)15(17(25)22(3)18(23)26)14(24)11-21(2)10-12-6-5-7-13(19)9-12/h5-7,9H,4,8,10-11,20H2,1-3H3/p+1. The number of halogens is 1. The number of carbonyl (C=O) groups excluding carboxylic acids is 1. The number of nitrogens with zero attached hydrogens (tertiary/aromatic N) is 2. The van der Waals surface area contributed by atoms with Crippen molar-refractivity contribution in [3.8, 4) is 0 Å². The number of hydrogen-bond donors (Lipinski definition) is 2. The van der Waals surface area contributed by atoms with Crippen LogP contribution in [0.15, 0.2) is 33.9 Å². The normalized spacial score (nSPS) is 12.2. The molecule has 0 aliphatic heterocycles. The Hall–Kier alpha value is -2.74. The molecule has 1 heterocycles. The lowest BCUT2D eigenvalue weighted by Gasteiger charge is -2.16. The Morgan fingerprint density at radius 1 is 1.31 bits per heavy atom. The maximum Gasteiger partial charge on any atom is 0.332 e. The van der Waals surface area contributed by atoms with Crippen molar-refractivity contribution in [1.82, 2.24) is 9.13 Å². The van der Waals surface area contributed by atoms with Gasteiger partial charge in [0.05, 0.1) is 7.05 Å². The lowest BCUT2D eigenvalue weighted by Crippen LogP contribution is -3.08.